The maximum Gasteiger partial charge on any atom is 0.173 e. The SMILES string of the molecule is CCN1C(=S)NC(c2cc(Cl)cc(OC)c2O)C2=C1CCCC2=O. The number of hydrogen-bond acceptors (Lipinski definition) is 4. The molecule has 1 aromatic rings. The highest BCUT2D eigenvalue weighted by molar-refractivity contribution is 7.80. The summed E-state index contributed by atoms with van der Waals surface area (Å²) in [7, 11) is 1.46. The van der Waals surface area contributed by atoms with Crippen molar-refractivity contribution >= 4 is 34.7 Å². The van der Waals surface area contributed by atoms with Crippen molar-refractivity contribution in [2.24, 2.45) is 0 Å². The third kappa shape index (κ3) is 2.74. The molecule has 2 N–H and O–H groups in total. The molecule has 24 heavy (non-hydrogen) atoms. The molecule has 1 aliphatic heterocycles. The summed E-state index contributed by atoms with van der Waals surface area (Å²) in [5.74, 6) is 0.318. The van der Waals surface area contributed by atoms with E-state index in [1.807, 2.05) is 11.8 Å². The van der Waals surface area contributed by atoms with Crippen LogP contribution < -0.4 is 10.1 Å². The van der Waals surface area contributed by atoms with Crippen LogP contribution in [0.3, 0.4) is 0 Å². The van der Waals surface area contributed by atoms with Gasteiger partial charge in [-0.15, -0.1) is 0 Å². The van der Waals surface area contributed by atoms with Crippen LogP contribution >= 0.6 is 23.8 Å². The molecule has 1 atom stereocenters. The Labute approximate surface area is 151 Å². The molecule has 0 radical (unpaired) electrons. The molecule has 128 valence electrons. The number of nitrogens with zero attached hydrogens (tertiary/aromatic N) is 1. The van der Waals surface area contributed by atoms with Crippen molar-refractivity contribution in [1.29, 1.82) is 0 Å². The fourth-order valence-corrected chi connectivity index (χ4v) is 3.96. The molecular weight excluding hydrogens is 348 g/mol. The van der Waals surface area contributed by atoms with Gasteiger partial charge in [0, 0.05) is 40.9 Å². The van der Waals surface area contributed by atoms with Crippen molar-refractivity contribution in [1.82, 2.24) is 10.2 Å². The van der Waals surface area contributed by atoms with Gasteiger partial charge >= 0.3 is 0 Å². The lowest BCUT2D eigenvalue weighted by Crippen LogP contribution is -2.49. The summed E-state index contributed by atoms with van der Waals surface area (Å²) in [6.07, 6.45) is 2.11. The average molecular weight is 367 g/mol. The number of thiocarbonyl (C=S) groups is 1. The Morgan fingerprint density at radius 3 is 2.88 bits per heavy atom. The number of Topliss-reactive ketones (excluding diaryl/α,β-unsaturated/α-hetero) is 1. The minimum absolute atomic E-state index is 0.0302. The number of rotatable bonds is 3. The van der Waals surface area contributed by atoms with Crippen molar-refractivity contribution in [2.75, 3.05) is 13.7 Å². The van der Waals surface area contributed by atoms with Crippen LogP contribution in [0.1, 0.15) is 37.8 Å². The molecule has 0 saturated heterocycles. The van der Waals surface area contributed by atoms with Crippen LogP contribution in [0.4, 0.5) is 0 Å². The summed E-state index contributed by atoms with van der Waals surface area (Å²) in [5.41, 5.74) is 2.11. The highest BCUT2D eigenvalue weighted by atomic mass is 35.5. The van der Waals surface area contributed by atoms with Crippen molar-refractivity contribution in [3.8, 4) is 11.5 Å². The summed E-state index contributed by atoms with van der Waals surface area (Å²) >= 11 is 11.6. The van der Waals surface area contributed by atoms with E-state index in [9.17, 15) is 9.90 Å². The van der Waals surface area contributed by atoms with Gasteiger partial charge in [0.05, 0.1) is 13.2 Å². The summed E-state index contributed by atoms with van der Waals surface area (Å²) in [4.78, 5) is 14.6. The first-order chi connectivity index (χ1) is 11.5. The molecule has 0 aromatic heterocycles. The molecule has 1 unspecified atom stereocenters. The van der Waals surface area contributed by atoms with Crippen LogP contribution in [0.2, 0.25) is 5.02 Å². The van der Waals surface area contributed by atoms with Gasteiger partial charge in [-0.1, -0.05) is 11.6 Å². The fourth-order valence-electron chi connectivity index (χ4n) is 3.39. The zero-order valence-corrected chi connectivity index (χ0v) is 15.1. The maximum absolute atomic E-state index is 12.6. The molecule has 0 saturated carbocycles. The second-order valence-electron chi connectivity index (χ2n) is 5.81. The smallest absolute Gasteiger partial charge is 0.173 e. The van der Waals surface area contributed by atoms with E-state index in [0.717, 1.165) is 18.5 Å². The Morgan fingerprint density at radius 1 is 1.46 bits per heavy atom. The number of carbonyl (C=O) groups is 1. The van der Waals surface area contributed by atoms with Gasteiger partial charge < -0.3 is 20.1 Å². The van der Waals surface area contributed by atoms with Gasteiger partial charge in [0.1, 0.15) is 0 Å². The first kappa shape index (κ1) is 17.0. The number of allylic oxidation sites excluding steroid dienone is 1. The normalized spacial score (nSPS) is 20.8. The highest BCUT2D eigenvalue weighted by Crippen LogP contribution is 2.43. The van der Waals surface area contributed by atoms with Crippen LogP contribution in [0.5, 0.6) is 11.5 Å². The Hall–Kier alpha value is -1.79. The fraction of sp³-hybridized carbons (Fsp3) is 0.412. The first-order valence-corrected chi connectivity index (χ1v) is 8.67. The molecule has 1 heterocycles. The number of phenols is 1. The summed E-state index contributed by atoms with van der Waals surface area (Å²) in [6, 6.07) is 2.67. The minimum atomic E-state index is -0.518. The largest absolute Gasteiger partial charge is 0.504 e. The van der Waals surface area contributed by atoms with E-state index in [4.69, 9.17) is 28.6 Å². The standard InChI is InChI=1S/C17H19ClN2O3S/c1-3-20-11-5-4-6-12(21)14(11)15(19-17(20)24)10-7-9(18)8-13(23-2)16(10)22/h7-8,15,22H,3-6H2,1-2H3,(H,19,24). The van der Waals surface area contributed by atoms with Crippen LogP contribution in [0.25, 0.3) is 0 Å². The molecule has 5 nitrogen and oxygen atoms in total. The Balaban J connectivity index is 2.19. The van der Waals surface area contributed by atoms with Gasteiger partial charge in [-0.05, 0) is 38.0 Å². The van der Waals surface area contributed by atoms with Crippen molar-refractivity contribution in [3.05, 3.63) is 34.0 Å². The molecule has 1 aromatic carbocycles. The van der Waals surface area contributed by atoms with Gasteiger partial charge in [0.25, 0.3) is 0 Å². The minimum Gasteiger partial charge on any atom is -0.504 e. The van der Waals surface area contributed by atoms with Gasteiger partial charge in [0.2, 0.25) is 0 Å². The number of carbonyl (C=O) groups excluding carboxylic acids is 1. The molecule has 0 fully saturated rings. The number of hydrogen-bond donors (Lipinski definition) is 2. The van der Waals surface area contributed by atoms with Gasteiger partial charge in [-0.2, -0.15) is 0 Å². The molecule has 0 bridgehead atoms. The first-order valence-electron chi connectivity index (χ1n) is 7.88. The number of halogens is 1. The number of methoxy groups -OCH3 is 1. The Morgan fingerprint density at radius 2 is 2.21 bits per heavy atom. The summed E-state index contributed by atoms with van der Waals surface area (Å²) in [5, 5.41) is 14.7. The molecule has 0 spiro atoms. The van der Waals surface area contributed by atoms with Crippen LogP contribution in [0, 0.1) is 0 Å². The average Bonchev–Trinajstić information content (AvgIpc) is 2.56. The van der Waals surface area contributed by atoms with Gasteiger partial charge in [0.15, 0.2) is 22.4 Å². The number of aromatic hydroxyl groups is 1. The molecule has 3 rings (SSSR count). The van der Waals surface area contributed by atoms with E-state index in [0.29, 0.717) is 34.2 Å². The van der Waals surface area contributed by atoms with Gasteiger partial charge in [-0.25, -0.2) is 0 Å². The van der Waals surface area contributed by atoms with Crippen LogP contribution in [-0.4, -0.2) is 34.6 Å². The van der Waals surface area contributed by atoms with Crippen molar-refractivity contribution in [3.63, 3.8) is 0 Å². The van der Waals surface area contributed by atoms with Crippen molar-refractivity contribution in [2.45, 2.75) is 32.2 Å². The summed E-state index contributed by atoms with van der Waals surface area (Å²) < 4.78 is 5.18. The lowest BCUT2D eigenvalue weighted by Gasteiger charge is -2.40. The highest BCUT2D eigenvalue weighted by Gasteiger charge is 2.38. The molecular formula is C17H19ClN2O3S. The van der Waals surface area contributed by atoms with E-state index in [-0.39, 0.29) is 17.3 Å². The van der Waals surface area contributed by atoms with E-state index in [1.54, 1.807) is 6.07 Å². The third-order valence-corrected chi connectivity index (χ3v) is 5.03. The summed E-state index contributed by atoms with van der Waals surface area (Å²) in [6.45, 7) is 2.69. The number of phenolic OH excluding ortho intramolecular Hbond substituents is 1. The monoisotopic (exact) mass is 366 g/mol. The predicted molar refractivity (Wildman–Crippen MR) is 96.4 cm³/mol. The lowest BCUT2D eigenvalue weighted by molar-refractivity contribution is -0.116. The van der Waals surface area contributed by atoms with E-state index >= 15 is 0 Å². The lowest BCUT2D eigenvalue weighted by atomic mass is 9.84. The maximum atomic E-state index is 12.6. The molecule has 0 amide bonds. The van der Waals surface area contributed by atoms with Crippen LogP contribution in [0.15, 0.2) is 23.4 Å². The number of benzene rings is 1. The van der Waals surface area contributed by atoms with E-state index < -0.39 is 6.04 Å². The Bertz CT molecular complexity index is 748. The quantitative estimate of drug-likeness (QED) is 0.800. The van der Waals surface area contributed by atoms with E-state index in [2.05, 4.69) is 5.32 Å². The second kappa shape index (κ2) is 6.61. The molecule has 2 aliphatic rings. The van der Waals surface area contributed by atoms with Crippen molar-refractivity contribution < 1.29 is 14.6 Å². The zero-order valence-electron chi connectivity index (χ0n) is 13.6. The zero-order chi connectivity index (χ0) is 17.4. The van der Waals surface area contributed by atoms with Crippen LogP contribution in [-0.2, 0) is 4.79 Å². The number of ketones is 1. The number of ether oxygens (including phenoxy) is 1. The second-order valence-corrected chi connectivity index (χ2v) is 6.63. The molecule has 1 aliphatic carbocycles. The topological polar surface area (TPSA) is 61.8 Å². The predicted octanol–water partition coefficient (Wildman–Crippen LogP) is 3.31. The molecule has 7 heteroatoms. The van der Waals surface area contributed by atoms with E-state index in [1.165, 1.54) is 13.2 Å². The van der Waals surface area contributed by atoms with Gasteiger partial charge in [-0.3, -0.25) is 4.79 Å². The third-order valence-electron chi connectivity index (χ3n) is 4.47. The Kier molecular flexibility index (Phi) is 4.69. The number of nitrogens with one attached hydrogen (secondary N) is 1.